The number of hydrogen-bond donors (Lipinski definition) is 1. The van der Waals surface area contributed by atoms with Gasteiger partial charge in [0.2, 0.25) is 5.91 Å². The van der Waals surface area contributed by atoms with Gasteiger partial charge >= 0.3 is 0 Å². The van der Waals surface area contributed by atoms with Gasteiger partial charge in [0, 0.05) is 54.0 Å². The Hall–Kier alpha value is -2.66. The van der Waals surface area contributed by atoms with Gasteiger partial charge in [0.05, 0.1) is 18.7 Å². The summed E-state index contributed by atoms with van der Waals surface area (Å²) in [7, 11) is 1.65. The number of aryl methyl sites for hydroxylation is 2. The molecule has 1 amide bonds. The molecule has 0 saturated carbocycles. The highest BCUT2D eigenvalue weighted by molar-refractivity contribution is 5.92. The standard InChI is InChI=1S/C27H35N3O2/c1-17(2)26-23-15-20(21-7-6-11-30(16-21)25(31)10-12-32-5)8-9-24(23)29-27(26)22-13-18(3)28-19(4)14-22/h8-9,13-15,17,21,29H,6-7,10-12,16H2,1-5H3. The second kappa shape index (κ2) is 9.45. The van der Waals surface area contributed by atoms with E-state index in [0.29, 0.717) is 24.9 Å². The van der Waals surface area contributed by atoms with Crippen molar-refractivity contribution in [3.8, 4) is 11.3 Å². The van der Waals surface area contributed by atoms with E-state index in [1.54, 1.807) is 7.11 Å². The minimum Gasteiger partial charge on any atom is -0.384 e. The summed E-state index contributed by atoms with van der Waals surface area (Å²) < 4.78 is 5.10. The van der Waals surface area contributed by atoms with Crippen LogP contribution in [0.15, 0.2) is 30.3 Å². The van der Waals surface area contributed by atoms with Gasteiger partial charge in [0.25, 0.3) is 0 Å². The highest BCUT2D eigenvalue weighted by Gasteiger charge is 2.25. The second-order valence-electron chi connectivity index (χ2n) is 9.43. The van der Waals surface area contributed by atoms with E-state index in [1.807, 2.05) is 4.90 Å². The van der Waals surface area contributed by atoms with Crippen LogP contribution in [0.5, 0.6) is 0 Å². The smallest absolute Gasteiger partial charge is 0.224 e. The Morgan fingerprint density at radius 3 is 2.66 bits per heavy atom. The van der Waals surface area contributed by atoms with Crippen molar-refractivity contribution in [3.63, 3.8) is 0 Å². The van der Waals surface area contributed by atoms with E-state index in [0.717, 1.165) is 37.3 Å². The number of amides is 1. The molecule has 5 nitrogen and oxygen atoms in total. The van der Waals surface area contributed by atoms with Gasteiger partial charge in [-0.05, 0) is 68.0 Å². The molecule has 5 heteroatoms. The number of fused-ring (bicyclic) bond motifs is 1. The minimum absolute atomic E-state index is 0.202. The molecule has 32 heavy (non-hydrogen) atoms. The largest absolute Gasteiger partial charge is 0.384 e. The second-order valence-corrected chi connectivity index (χ2v) is 9.43. The molecule has 1 aliphatic rings. The van der Waals surface area contributed by atoms with E-state index in [1.165, 1.54) is 33.3 Å². The lowest BCUT2D eigenvalue weighted by Gasteiger charge is -2.33. The van der Waals surface area contributed by atoms with Crippen molar-refractivity contribution in [2.45, 2.75) is 58.8 Å². The number of rotatable bonds is 6. The highest BCUT2D eigenvalue weighted by atomic mass is 16.5. The van der Waals surface area contributed by atoms with E-state index in [4.69, 9.17) is 4.74 Å². The average Bonchev–Trinajstić information content (AvgIpc) is 3.16. The van der Waals surface area contributed by atoms with E-state index in [2.05, 4.69) is 68.0 Å². The SMILES string of the molecule is COCCC(=O)N1CCCC(c2ccc3[nH]c(-c4cc(C)nc(C)c4)c(C(C)C)c3c2)C1. The summed E-state index contributed by atoms with van der Waals surface area (Å²) in [4.78, 5) is 22.8. The van der Waals surface area contributed by atoms with Crippen LogP contribution < -0.4 is 0 Å². The number of piperidine rings is 1. The number of methoxy groups -OCH3 is 1. The van der Waals surface area contributed by atoms with Crippen molar-refractivity contribution in [2.24, 2.45) is 0 Å². The van der Waals surface area contributed by atoms with Crippen LogP contribution in [-0.4, -0.2) is 47.6 Å². The van der Waals surface area contributed by atoms with Crippen LogP contribution in [0, 0.1) is 13.8 Å². The Kier molecular flexibility index (Phi) is 6.66. The molecule has 0 bridgehead atoms. The van der Waals surface area contributed by atoms with Crippen LogP contribution in [0.4, 0.5) is 0 Å². The monoisotopic (exact) mass is 433 g/mol. The number of H-pyrrole nitrogens is 1. The van der Waals surface area contributed by atoms with Crippen LogP contribution >= 0.6 is 0 Å². The molecule has 0 radical (unpaired) electrons. The number of likely N-dealkylation sites (tertiary alicyclic amines) is 1. The zero-order valence-electron chi connectivity index (χ0n) is 20.0. The molecular weight excluding hydrogens is 398 g/mol. The Labute approximate surface area is 191 Å². The first kappa shape index (κ1) is 22.5. The van der Waals surface area contributed by atoms with Gasteiger partial charge in [-0.1, -0.05) is 19.9 Å². The Bertz CT molecular complexity index is 1100. The fourth-order valence-corrected chi connectivity index (χ4v) is 5.11. The Morgan fingerprint density at radius 1 is 1.22 bits per heavy atom. The van der Waals surface area contributed by atoms with Crippen LogP contribution in [0.1, 0.15) is 67.5 Å². The summed E-state index contributed by atoms with van der Waals surface area (Å²) in [5.74, 6) is 0.970. The molecule has 1 N–H and O–H groups in total. The fourth-order valence-electron chi connectivity index (χ4n) is 5.11. The number of ether oxygens (including phenoxy) is 1. The van der Waals surface area contributed by atoms with Gasteiger partial charge in [-0.25, -0.2) is 0 Å². The molecule has 170 valence electrons. The average molecular weight is 434 g/mol. The molecular formula is C27H35N3O2. The molecule has 1 unspecified atom stereocenters. The quantitative estimate of drug-likeness (QED) is 0.541. The Morgan fingerprint density at radius 2 is 1.97 bits per heavy atom. The van der Waals surface area contributed by atoms with Gasteiger partial charge in [-0.15, -0.1) is 0 Å². The van der Waals surface area contributed by atoms with Gasteiger partial charge in [0.1, 0.15) is 0 Å². The molecule has 3 heterocycles. The molecule has 1 fully saturated rings. The molecule has 4 rings (SSSR count). The lowest BCUT2D eigenvalue weighted by atomic mass is 9.88. The molecule has 1 saturated heterocycles. The first-order chi connectivity index (χ1) is 15.4. The van der Waals surface area contributed by atoms with Gasteiger partial charge < -0.3 is 14.6 Å². The topological polar surface area (TPSA) is 58.2 Å². The zero-order chi connectivity index (χ0) is 22.8. The predicted molar refractivity (Wildman–Crippen MR) is 130 cm³/mol. The van der Waals surface area contributed by atoms with E-state index < -0.39 is 0 Å². The lowest BCUT2D eigenvalue weighted by molar-refractivity contribution is -0.133. The number of pyridine rings is 1. The molecule has 1 atom stereocenters. The molecule has 0 aliphatic carbocycles. The van der Waals surface area contributed by atoms with Gasteiger partial charge in [-0.2, -0.15) is 0 Å². The van der Waals surface area contributed by atoms with Crippen molar-refractivity contribution in [1.82, 2.24) is 14.9 Å². The maximum atomic E-state index is 12.5. The van der Waals surface area contributed by atoms with Crippen LogP contribution in [0.2, 0.25) is 0 Å². The molecule has 0 spiro atoms. The minimum atomic E-state index is 0.202. The van der Waals surface area contributed by atoms with Crippen LogP contribution in [0.25, 0.3) is 22.2 Å². The van der Waals surface area contributed by atoms with Crippen molar-refractivity contribution in [3.05, 3.63) is 52.8 Å². The number of carbonyl (C=O) groups is 1. The first-order valence-electron chi connectivity index (χ1n) is 11.7. The van der Waals surface area contributed by atoms with Crippen molar-refractivity contribution < 1.29 is 9.53 Å². The van der Waals surface area contributed by atoms with Crippen LogP contribution in [0.3, 0.4) is 0 Å². The summed E-state index contributed by atoms with van der Waals surface area (Å²) in [6.45, 7) is 10.8. The first-order valence-corrected chi connectivity index (χ1v) is 11.7. The summed E-state index contributed by atoms with van der Waals surface area (Å²) in [5, 5.41) is 1.29. The third-order valence-electron chi connectivity index (χ3n) is 6.58. The normalized spacial score (nSPS) is 16.8. The van der Waals surface area contributed by atoms with Gasteiger partial charge in [0.15, 0.2) is 0 Å². The molecule has 1 aliphatic heterocycles. The molecule has 3 aromatic rings. The maximum Gasteiger partial charge on any atom is 0.224 e. The number of carbonyl (C=O) groups excluding carboxylic acids is 1. The zero-order valence-corrected chi connectivity index (χ0v) is 20.0. The third-order valence-corrected chi connectivity index (χ3v) is 6.58. The van der Waals surface area contributed by atoms with E-state index in [-0.39, 0.29) is 5.91 Å². The number of nitrogens with one attached hydrogen (secondary N) is 1. The van der Waals surface area contributed by atoms with Crippen LogP contribution in [-0.2, 0) is 9.53 Å². The third kappa shape index (κ3) is 4.58. The number of benzene rings is 1. The number of nitrogens with zero attached hydrogens (tertiary/aromatic N) is 2. The van der Waals surface area contributed by atoms with E-state index >= 15 is 0 Å². The van der Waals surface area contributed by atoms with Crippen molar-refractivity contribution in [2.75, 3.05) is 26.8 Å². The number of hydrogen-bond acceptors (Lipinski definition) is 3. The lowest BCUT2D eigenvalue weighted by Crippen LogP contribution is -2.39. The van der Waals surface area contributed by atoms with E-state index in [9.17, 15) is 4.79 Å². The summed E-state index contributed by atoms with van der Waals surface area (Å²) >= 11 is 0. The van der Waals surface area contributed by atoms with Crippen molar-refractivity contribution >= 4 is 16.8 Å². The fraction of sp³-hybridized carbons (Fsp3) is 0.481. The van der Waals surface area contributed by atoms with Crippen molar-refractivity contribution in [1.29, 1.82) is 0 Å². The number of aromatic amines is 1. The summed E-state index contributed by atoms with van der Waals surface area (Å²) in [6.07, 6.45) is 2.63. The predicted octanol–water partition coefficient (Wildman–Crippen LogP) is 5.71. The summed E-state index contributed by atoms with van der Waals surface area (Å²) in [6, 6.07) is 11.1. The summed E-state index contributed by atoms with van der Waals surface area (Å²) in [5.41, 5.74) is 8.32. The molecule has 1 aromatic carbocycles. The highest BCUT2D eigenvalue weighted by Crippen LogP contribution is 2.38. The molecule has 2 aromatic heterocycles. The Balaban J connectivity index is 1.69. The maximum absolute atomic E-state index is 12.5. The number of aromatic nitrogens is 2. The van der Waals surface area contributed by atoms with Gasteiger partial charge in [-0.3, -0.25) is 9.78 Å².